The van der Waals surface area contributed by atoms with Crippen LogP contribution in [0.4, 0.5) is 5.82 Å². The number of pyridine rings is 1. The maximum Gasteiger partial charge on any atom is 0.136 e. The number of benzene rings is 1. The number of anilines is 1. The van der Waals surface area contributed by atoms with Gasteiger partial charge in [0.2, 0.25) is 0 Å². The average molecular weight is 247 g/mol. The van der Waals surface area contributed by atoms with Crippen LogP contribution in [0.15, 0.2) is 36.5 Å². The molecule has 0 spiro atoms. The highest BCUT2D eigenvalue weighted by Crippen LogP contribution is 2.28. The fourth-order valence-corrected chi connectivity index (χ4v) is 2.76. The Bertz CT molecular complexity index is 521. The molecule has 0 saturated carbocycles. The van der Waals surface area contributed by atoms with Crippen LogP contribution in [0, 0.1) is 5.92 Å². The summed E-state index contributed by atoms with van der Waals surface area (Å²) >= 11 is 5.93. The van der Waals surface area contributed by atoms with E-state index in [1.165, 1.54) is 17.2 Å². The molecule has 1 aliphatic heterocycles. The van der Waals surface area contributed by atoms with Crippen molar-refractivity contribution in [2.45, 2.75) is 6.42 Å². The van der Waals surface area contributed by atoms with Gasteiger partial charge in [-0.3, -0.25) is 0 Å². The van der Waals surface area contributed by atoms with Gasteiger partial charge in [0, 0.05) is 30.6 Å². The molecule has 3 heteroatoms. The van der Waals surface area contributed by atoms with Crippen LogP contribution in [-0.2, 0) is 0 Å². The second kappa shape index (κ2) is 4.53. The van der Waals surface area contributed by atoms with Crippen molar-refractivity contribution in [2.75, 3.05) is 23.9 Å². The maximum atomic E-state index is 5.93. The van der Waals surface area contributed by atoms with Gasteiger partial charge in [0.05, 0.1) is 0 Å². The Hall–Kier alpha value is -1.28. The van der Waals surface area contributed by atoms with Gasteiger partial charge in [-0.2, -0.15) is 0 Å². The Morgan fingerprint density at radius 3 is 3.00 bits per heavy atom. The molecule has 1 atom stereocenters. The molecule has 0 amide bonds. The normalized spacial score (nSPS) is 20.1. The number of nitrogens with zero attached hydrogens (tertiary/aromatic N) is 2. The van der Waals surface area contributed by atoms with Crippen molar-refractivity contribution in [1.29, 1.82) is 0 Å². The van der Waals surface area contributed by atoms with Gasteiger partial charge in [-0.15, -0.1) is 11.6 Å². The molecule has 1 aromatic heterocycles. The summed E-state index contributed by atoms with van der Waals surface area (Å²) in [6.07, 6.45) is 3.07. The summed E-state index contributed by atoms with van der Waals surface area (Å²) in [5, 5.41) is 2.50. The topological polar surface area (TPSA) is 16.1 Å². The molecule has 88 valence electrons. The first-order chi connectivity index (χ1) is 8.38. The van der Waals surface area contributed by atoms with Gasteiger partial charge in [-0.05, 0) is 23.8 Å². The minimum atomic E-state index is 0.609. The molecule has 1 unspecified atom stereocenters. The lowest BCUT2D eigenvalue weighted by atomic mass is 10.1. The number of alkyl halides is 1. The van der Waals surface area contributed by atoms with E-state index in [0.29, 0.717) is 5.92 Å². The third-order valence-corrected chi connectivity index (χ3v) is 3.89. The zero-order valence-corrected chi connectivity index (χ0v) is 10.4. The molecule has 3 rings (SSSR count). The van der Waals surface area contributed by atoms with Crippen LogP contribution in [0.5, 0.6) is 0 Å². The molecule has 0 aliphatic carbocycles. The van der Waals surface area contributed by atoms with E-state index in [4.69, 9.17) is 11.6 Å². The third-order valence-electron chi connectivity index (χ3n) is 3.46. The fraction of sp³-hybridized carbons (Fsp3) is 0.357. The van der Waals surface area contributed by atoms with Crippen molar-refractivity contribution in [2.24, 2.45) is 5.92 Å². The first-order valence-corrected chi connectivity index (χ1v) is 6.56. The number of rotatable bonds is 2. The van der Waals surface area contributed by atoms with Crippen molar-refractivity contribution in [1.82, 2.24) is 4.98 Å². The standard InChI is InChI=1S/C14H15ClN2/c15-9-11-6-8-17(10-11)14-13-4-2-1-3-12(13)5-7-16-14/h1-5,7,11H,6,8-10H2. The molecular formula is C14H15ClN2. The quantitative estimate of drug-likeness (QED) is 0.756. The lowest BCUT2D eigenvalue weighted by molar-refractivity contribution is 0.666. The van der Waals surface area contributed by atoms with E-state index < -0.39 is 0 Å². The lowest BCUT2D eigenvalue weighted by Crippen LogP contribution is -2.21. The highest BCUT2D eigenvalue weighted by Gasteiger charge is 2.23. The van der Waals surface area contributed by atoms with Crippen LogP contribution in [-0.4, -0.2) is 24.0 Å². The predicted octanol–water partition coefficient (Wildman–Crippen LogP) is 3.30. The van der Waals surface area contributed by atoms with Gasteiger partial charge in [-0.25, -0.2) is 4.98 Å². The van der Waals surface area contributed by atoms with Crippen LogP contribution in [0.3, 0.4) is 0 Å². The third kappa shape index (κ3) is 1.98. The highest BCUT2D eigenvalue weighted by atomic mass is 35.5. The molecule has 1 fully saturated rings. The van der Waals surface area contributed by atoms with Gasteiger partial charge >= 0.3 is 0 Å². The lowest BCUT2D eigenvalue weighted by Gasteiger charge is -2.19. The molecular weight excluding hydrogens is 232 g/mol. The second-order valence-corrected chi connectivity index (χ2v) is 4.92. The SMILES string of the molecule is ClCC1CCN(c2nccc3ccccc23)C1. The number of hydrogen-bond acceptors (Lipinski definition) is 2. The van der Waals surface area contributed by atoms with Gasteiger partial charge in [0.15, 0.2) is 0 Å². The molecule has 1 saturated heterocycles. The summed E-state index contributed by atoms with van der Waals surface area (Å²) < 4.78 is 0. The van der Waals surface area contributed by atoms with Gasteiger partial charge in [-0.1, -0.05) is 24.3 Å². The highest BCUT2D eigenvalue weighted by molar-refractivity contribution is 6.18. The first kappa shape index (κ1) is 10.8. The average Bonchev–Trinajstić information content (AvgIpc) is 2.87. The molecule has 0 bridgehead atoms. The smallest absolute Gasteiger partial charge is 0.136 e. The van der Waals surface area contributed by atoms with Crippen LogP contribution in [0.25, 0.3) is 10.8 Å². The van der Waals surface area contributed by atoms with E-state index in [1.54, 1.807) is 0 Å². The van der Waals surface area contributed by atoms with Crippen LogP contribution in [0.2, 0.25) is 0 Å². The van der Waals surface area contributed by atoms with Crippen molar-refractivity contribution in [3.05, 3.63) is 36.5 Å². The molecule has 17 heavy (non-hydrogen) atoms. The van der Waals surface area contributed by atoms with Gasteiger partial charge in [0.25, 0.3) is 0 Å². The molecule has 2 heterocycles. The molecule has 0 N–H and O–H groups in total. The Labute approximate surface area is 106 Å². The van der Waals surface area contributed by atoms with Gasteiger partial charge < -0.3 is 4.90 Å². The van der Waals surface area contributed by atoms with Crippen LogP contribution < -0.4 is 4.90 Å². The molecule has 2 nitrogen and oxygen atoms in total. The monoisotopic (exact) mass is 246 g/mol. The van der Waals surface area contributed by atoms with Crippen molar-refractivity contribution in [3.8, 4) is 0 Å². The van der Waals surface area contributed by atoms with E-state index in [0.717, 1.165) is 24.8 Å². The minimum Gasteiger partial charge on any atom is -0.356 e. The minimum absolute atomic E-state index is 0.609. The summed E-state index contributed by atoms with van der Waals surface area (Å²) in [4.78, 5) is 6.90. The Morgan fingerprint density at radius 1 is 1.29 bits per heavy atom. The summed E-state index contributed by atoms with van der Waals surface area (Å²) in [5.41, 5.74) is 0. The second-order valence-electron chi connectivity index (χ2n) is 4.61. The van der Waals surface area contributed by atoms with E-state index in [9.17, 15) is 0 Å². The molecule has 0 radical (unpaired) electrons. The molecule has 1 aliphatic rings. The number of halogens is 1. The maximum absolute atomic E-state index is 5.93. The van der Waals surface area contributed by atoms with Crippen molar-refractivity contribution >= 4 is 28.2 Å². The van der Waals surface area contributed by atoms with Crippen molar-refractivity contribution < 1.29 is 0 Å². The molecule has 2 aromatic rings. The summed E-state index contributed by atoms with van der Waals surface area (Å²) in [6.45, 7) is 2.10. The van der Waals surface area contributed by atoms with Crippen LogP contribution >= 0.6 is 11.6 Å². The number of hydrogen-bond donors (Lipinski definition) is 0. The summed E-state index contributed by atoms with van der Waals surface area (Å²) in [5.74, 6) is 2.47. The Morgan fingerprint density at radius 2 is 2.18 bits per heavy atom. The summed E-state index contributed by atoms with van der Waals surface area (Å²) in [7, 11) is 0. The van der Waals surface area contributed by atoms with Crippen LogP contribution in [0.1, 0.15) is 6.42 Å². The van der Waals surface area contributed by atoms with Crippen molar-refractivity contribution in [3.63, 3.8) is 0 Å². The Balaban J connectivity index is 2.00. The summed E-state index contributed by atoms with van der Waals surface area (Å²) in [6, 6.07) is 10.5. The largest absolute Gasteiger partial charge is 0.356 e. The van der Waals surface area contributed by atoms with Gasteiger partial charge in [0.1, 0.15) is 5.82 Å². The zero-order chi connectivity index (χ0) is 11.7. The first-order valence-electron chi connectivity index (χ1n) is 6.03. The van der Waals surface area contributed by atoms with E-state index in [2.05, 4.69) is 40.2 Å². The van der Waals surface area contributed by atoms with E-state index >= 15 is 0 Å². The number of aromatic nitrogens is 1. The molecule has 1 aromatic carbocycles. The Kier molecular flexibility index (Phi) is 2.89. The fourth-order valence-electron chi connectivity index (χ4n) is 2.51. The van der Waals surface area contributed by atoms with E-state index in [1.807, 2.05) is 6.20 Å². The number of fused-ring (bicyclic) bond motifs is 1. The predicted molar refractivity (Wildman–Crippen MR) is 72.8 cm³/mol. The van der Waals surface area contributed by atoms with E-state index in [-0.39, 0.29) is 0 Å². The zero-order valence-electron chi connectivity index (χ0n) is 9.64.